The van der Waals surface area contributed by atoms with Gasteiger partial charge in [-0.05, 0) is 37.5 Å². The second kappa shape index (κ2) is 8.79. The van der Waals surface area contributed by atoms with E-state index in [9.17, 15) is 13.6 Å². The number of anilines is 1. The first-order valence-corrected chi connectivity index (χ1v) is 10.1. The third kappa shape index (κ3) is 4.28. The first-order valence-electron chi connectivity index (χ1n) is 10.1. The molecule has 1 aliphatic rings. The van der Waals surface area contributed by atoms with Gasteiger partial charge < -0.3 is 19.4 Å². The van der Waals surface area contributed by atoms with E-state index in [4.69, 9.17) is 9.47 Å². The highest BCUT2D eigenvalue weighted by molar-refractivity contribution is 5.82. The summed E-state index contributed by atoms with van der Waals surface area (Å²) in [5.74, 6) is -1.13. The van der Waals surface area contributed by atoms with Gasteiger partial charge in [0.05, 0.1) is 5.52 Å². The summed E-state index contributed by atoms with van der Waals surface area (Å²) in [7, 11) is 0. The van der Waals surface area contributed by atoms with Gasteiger partial charge in [-0.15, -0.1) is 0 Å². The fourth-order valence-electron chi connectivity index (χ4n) is 3.57. The molecule has 0 spiro atoms. The first kappa shape index (κ1) is 20.3. The van der Waals surface area contributed by atoms with Crippen LogP contribution in [0.1, 0.15) is 26.2 Å². The van der Waals surface area contributed by atoms with Crippen LogP contribution in [0.2, 0.25) is 0 Å². The van der Waals surface area contributed by atoms with Crippen LogP contribution >= 0.6 is 0 Å². The number of halogens is 2. The van der Waals surface area contributed by atoms with E-state index in [0.29, 0.717) is 31.0 Å². The maximum atomic E-state index is 14.0. The molecule has 8 heteroatoms. The molecule has 1 aromatic carbocycles. The fraction of sp³-hybridized carbons (Fsp3) is 0.364. The number of rotatable bonds is 6. The van der Waals surface area contributed by atoms with E-state index >= 15 is 0 Å². The highest BCUT2D eigenvalue weighted by Crippen LogP contribution is 2.26. The molecule has 1 aliphatic heterocycles. The van der Waals surface area contributed by atoms with Crippen LogP contribution in [0, 0.1) is 11.6 Å². The molecule has 1 N–H and O–H groups in total. The normalized spacial score (nSPS) is 14.8. The van der Waals surface area contributed by atoms with Gasteiger partial charge in [0.15, 0.2) is 17.3 Å². The van der Waals surface area contributed by atoms with Crippen molar-refractivity contribution in [3.8, 4) is 11.5 Å². The third-order valence-corrected chi connectivity index (χ3v) is 5.08. The van der Waals surface area contributed by atoms with Crippen LogP contribution in [-0.4, -0.2) is 28.8 Å². The van der Waals surface area contributed by atoms with Gasteiger partial charge in [-0.3, -0.25) is 4.79 Å². The van der Waals surface area contributed by atoms with Crippen LogP contribution in [0.4, 0.5) is 14.6 Å². The minimum atomic E-state index is -0.870. The number of hydrogen-bond donors (Lipinski definition) is 1. The van der Waals surface area contributed by atoms with Gasteiger partial charge in [-0.25, -0.2) is 13.8 Å². The lowest BCUT2D eigenvalue weighted by molar-refractivity contribution is 0.0904. The lowest BCUT2D eigenvalue weighted by Crippen LogP contribution is -2.28. The molecular weight excluding hydrogens is 392 g/mol. The molecular formula is C22H23F2N3O3. The highest BCUT2D eigenvalue weighted by atomic mass is 19.1. The number of nitrogens with zero attached hydrogens (tertiary/aromatic N) is 2. The van der Waals surface area contributed by atoms with Crippen LogP contribution in [0.5, 0.6) is 11.5 Å². The quantitative estimate of drug-likeness (QED) is 0.644. The van der Waals surface area contributed by atoms with Gasteiger partial charge in [0.1, 0.15) is 11.6 Å². The van der Waals surface area contributed by atoms with Crippen molar-refractivity contribution in [2.75, 3.05) is 18.5 Å². The number of aromatic nitrogens is 2. The lowest BCUT2D eigenvalue weighted by Gasteiger charge is -2.24. The minimum Gasteiger partial charge on any atom is -0.448 e. The van der Waals surface area contributed by atoms with Crippen molar-refractivity contribution in [1.29, 1.82) is 0 Å². The van der Waals surface area contributed by atoms with Crippen molar-refractivity contribution >= 4 is 16.7 Å². The standard InChI is InChI=1S/C22H23F2N3O3/c1-2-7-27-18-12-21(26-16-5-8-29-9-6-16)25-13-14(18)10-20(22(27)28)30-19-4-3-15(23)11-17(19)24/h3-4,10-13,16H,2,5-9H2,1H3,(H,25,26). The number of nitrogens with one attached hydrogen (secondary N) is 1. The summed E-state index contributed by atoms with van der Waals surface area (Å²) in [6, 6.07) is 6.63. The maximum Gasteiger partial charge on any atom is 0.294 e. The number of fused-ring (bicyclic) bond motifs is 1. The third-order valence-electron chi connectivity index (χ3n) is 5.08. The molecule has 4 rings (SSSR count). The number of benzene rings is 1. The van der Waals surface area contributed by atoms with E-state index in [0.717, 1.165) is 43.0 Å². The molecule has 0 bridgehead atoms. The Kier molecular flexibility index (Phi) is 5.94. The second-order valence-electron chi connectivity index (χ2n) is 7.30. The fourth-order valence-corrected chi connectivity index (χ4v) is 3.57. The second-order valence-corrected chi connectivity index (χ2v) is 7.30. The van der Waals surface area contributed by atoms with E-state index < -0.39 is 11.6 Å². The van der Waals surface area contributed by atoms with Gasteiger partial charge in [-0.2, -0.15) is 0 Å². The Morgan fingerprint density at radius 3 is 2.73 bits per heavy atom. The van der Waals surface area contributed by atoms with Gasteiger partial charge in [-0.1, -0.05) is 6.92 Å². The SMILES string of the molecule is CCCn1c(=O)c(Oc2ccc(F)cc2F)cc2cnc(NC3CCOCC3)cc21. The minimum absolute atomic E-state index is 0.0339. The molecule has 0 atom stereocenters. The van der Waals surface area contributed by atoms with Gasteiger partial charge in [0.25, 0.3) is 5.56 Å². The van der Waals surface area contributed by atoms with Gasteiger partial charge in [0, 0.05) is 49.5 Å². The lowest BCUT2D eigenvalue weighted by atomic mass is 10.1. The van der Waals surface area contributed by atoms with Crippen LogP contribution < -0.4 is 15.6 Å². The molecule has 2 aromatic heterocycles. The highest BCUT2D eigenvalue weighted by Gasteiger charge is 2.17. The molecule has 1 saturated heterocycles. The maximum absolute atomic E-state index is 14.0. The number of pyridine rings is 2. The van der Waals surface area contributed by atoms with Crippen molar-refractivity contribution in [1.82, 2.24) is 9.55 Å². The van der Waals surface area contributed by atoms with Crippen molar-refractivity contribution in [3.63, 3.8) is 0 Å². The zero-order chi connectivity index (χ0) is 21.1. The Hall–Kier alpha value is -3.00. The zero-order valence-electron chi connectivity index (χ0n) is 16.7. The average Bonchev–Trinajstić information content (AvgIpc) is 2.74. The number of hydrogen-bond acceptors (Lipinski definition) is 5. The first-order chi connectivity index (χ1) is 14.5. The van der Waals surface area contributed by atoms with E-state index in [1.807, 2.05) is 13.0 Å². The van der Waals surface area contributed by atoms with Crippen molar-refractivity contribution in [3.05, 3.63) is 58.5 Å². The molecule has 1 fully saturated rings. The molecule has 0 saturated carbocycles. The summed E-state index contributed by atoms with van der Waals surface area (Å²) in [5.41, 5.74) is 0.342. The Morgan fingerprint density at radius 1 is 1.20 bits per heavy atom. The summed E-state index contributed by atoms with van der Waals surface area (Å²) in [5, 5.41) is 4.10. The molecule has 158 valence electrons. The molecule has 3 aromatic rings. The van der Waals surface area contributed by atoms with Crippen LogP contribution in [0.25, 0.3) is 10.9 Å². The Balaban J connectivity index is 1.71. The van der Waals surface area contributed by atoms with Crippen LogP contribution in [0.15, 0.2) is 41.3 Å². The Labute approximate surface area is 172 Å². The smallest absolute Gasteiger partial charge is 0.294 e. The topological polar surface area (TPSA) is 65.4 Å². The van der Waals surface area contributed by atoms with E-state index in [2.05, 4.69) is 10.3 Å². The van der Waals surface area contributed by atoms with Crippen molar-refractivity contribution in [2.45, 2.75) is 38.8 Å². The number of aryl methyl sites for hydroxylation is 1. The average molecular weight is 415 g/mol. The molecule has 0 unspecified atom stereocenters. The summed E-state index contributed by atoms with van der Waals surface area (Å²) in [6.45, 7) is 3.87. The van der Waals surface area contributed by atoms with Gasteiger partial charge >= 0.3 is 0 Å². The van der Waals surface area contributed by atoms with E-state index in [1.54, 1.807) is 10.8 Å². The largest absolute Gasteiger partial charge is 0.448 e. The predicted octanol–water partition coefficient (Wildman–Crippen LogP) is 4.47. The Morgan fingerprint density at radius 2 is 2.00 bits per heavy atom. The molecule has 0 amide bonds. The monoisotopic (exact) mass is 415 g/mol. The Bertz CT molecular complexity index is 1110. The van der Waals surface area contributed by atoms with Crippen molar-refractivity contribution in [2.24, 2.45) is 0 Å². The van der Waals surface area contributed by atoms with Crippen LogP contribution in [-0.2, 0) is 11.3 Å². The summed E-state index contributed by atoms with van der Waals surface area (Å²) in [4.78, 5) is 17.5. The zero-order valence-corrected chi connectivity index (χ0v) is 16.7. The number of ether oxygens (including phenoxy) is 2. The summed E-state index contributed by atoms with van der Waals surface area (Å²) in [6.07, 6.45) is 4.19. The molecule has 6 nitrogen and oxygen atoms in total. The van der Waals surface area contributed by atoms with Crippen molar-refractivity contribution < 1.29 is 18.3 Å². The molecule has 30 heavy (non-hydrogen) atoms. The molecule has 0 radical (unpaired) electrons. The van der Waals surface area contributed by atoms with E-state index in [-0.39, 0.29) is 23.1 Å². The van der Waals surface area contributed by atoms with Gasteiger partial charge in [0.2, 0.25) is 0 Å². The predicted molar refractivity (Wildman–Crippen MR) is 110 cm³/mol. The van der Waals surface area contributed by atoms with E-state index in [1.165, 1.54) is 6.07 Å². The van der Waals surface area contributed by atoms with Crippen LogP contribution in [0.3, 0.4) is 0 Å². The molecule has 3 heterocycles. The summed E-state index contributed by atoms with van der Waals surface area (Å²) < 4.78 is 39.7. The molecule has 0 aliphatic carbocycles. The summed E-state index contributed by atoms with van der Waals surface area (Å²) >= 11 is 0.